The Morgan fingerprint density at radius 3 is 2.60 bits per heavy atom. The van der Waals surface area contributed by atoms with Gasteiger partial charge < -0.3 is 5.32 Å². The Bertz CT molecular complexity index is 279. The van der Waals surface area contributed by atoms with Gasteiger partial charge >= 0.3 is 0 Å². The van der Waals surface area contributed by atoms with Crippen LogP contribution in [0.15, 0.2) is 0 Å². The summed E-state index contributed by atoms with van der Waals surface area (Å²) in [5.74, 6) is -0.317. The molecule has 0 aromatic carbocycles. The van der Waals surface area contributed by atoms with E-state index in [2.05, 4.69) is 17.6 Å². The number of hydrogen-bond acceptors (Lipinski definition) is 3. The molecule has 1 saturated heterocycles. The molecule has 2 amide bonds. The van der Waals surface area contributed by atoms with E-state index in [-0.39, 0.29) is 17.9 Å². The zero-order valence-corrected chi connectivity index (χ0v) is 9.14. The van der Waals surface area contributed by atoms with E-state index in [1.54, 1.807) is 0 Å². The van der Waals surface area contributed by atoms with E-state index in [9.17, 15) is 9.59 Å². The number of amides is 2. The van der Waals surface area contributed by atoms with E-state index < -0.39 is 0 Å². The molecule has 1 aliphatic heterocycles. The summed E-state index contributed by atoms with van der Waals surface area (Å²) in [5, 5.41) is 5.54. The molecule has 1 heterocycles. The minimum Gasteiger partial charge on any atom is -0.305 e. The number of imide groups is 1. The quantitative estimate of drug-likeness (QED) is 0.667. The van der Waals surface area contributed by atoms with Crippen LogP contribution in [-0.2, 0) is 9.59 Å². The average molecular weight is 210 g/mol. The van der Waals surface area contributed by atoms with Gasteiger partial charge in [0.2, 0.25) is 11.8 Å². The predicted molar refractivity (Wildman–Crippen MR) is 56.1 cm³/mol. The summed E-state index contributed by atoms with van der Waals surface area (Å²) < 4.78 is 0. The van der Waals surface area contributed by atoms with E-state index in [1.165, 1.54) is 19.3 Å². The smallest absolute Gasteiger partial charge is 0.244 e. The molecule has 1 aliphatic carbocycles. The molecule has 4 nitrogen and oxygen atoms in total. The fraction of sp³-hybridized carbons (Fsp3) is 0.818. The van der Waals surface area contributed by atoms with Crippen molar-refractivity contribution < 1.29 is 9.59 Å². The van der Waals surface area contributed by atoms with Crippen LogP contribution >= 0.6 is 0 Å². The van der Waals surface area contributed by atoms with Crippen molar-refractivity contribution in [2.75, 3.05) is 6.54 Å². The van der Waals surface area contributed by atoms with Crippen LogP contribution < -0.4 is 10.6 Å². The Labute approximate surface area is 89.8 Å². The maximum Gasteiger partial charge on any atom is 0.244 e. The number of nitrogens with one attached hydrogen (secondary N) is 2. The molecular weight excluding hydrogens is 192 g/mol. The normalized spacial score (nSPS) is 28.7. The van der Waals surface area contributed by atoms with Gasteiger partial charge in [-0.15, -0.1) is 0 Å². The third kappa shape index (κ3) is 2.04. The standard InChI is InChI=1S/C11H18N2O2/c1-2-11(4-3-5-11)7-12-8-6-9(14)13-10(8)15/h8,12H,2-7H2,1H3,(H,13,14,15). The lowest BCUT2D eigenvalue weighted by atomic mass is 9.67. The van der Waals surface area contributed by atoms with Crippen molar-refractivity contribution >= 4 is 11.8 Å². The molecule has 1 atom stereocenters. The average Bonchev–Trinajstić information content (AvgIpc) is 2.44. The highest BCUT2D eigenvalue weighted by Crippen LogP contribution is 2.43. The van der Waals surface area contributed by atoms with Crippen molar-refractivity contribution in [1.82, 2.24) is 10.6 Å². The monoisotopic (exact) mass is 210 g/mol. The highest BCUT2D eigenvalue weighted by atomic mass is 16.2. The maximum absolute atomic E-state index is 11.3. The zero-order valence-electron chi connectivity index (χ0n) is 9.14. The van der Waals surface area contributed by atoms with Gasteiger partial charge in [-0.1, -0.05) is 13.3 Å². The predicted octanol–water partition coefficient (Wildman–Crippen LogP) is 0.571. The second kappa shape index (κ2) is 3.93. The van der Waals surface area contributed by atoms with Gasteiger partial charge in [-0.05, 0) is 24.7 Å². The Morgan fingerprint density at radius 2 is 2.20 bits per heavy atom. The van der Waals surface area contributed by atoms with Gasteiger partial charge in [0.1, 0.15) is 0 Å². The first-order valence-corrected chi connectivity index (χ1v) is 5.72. The highest BCUT2D eigenvalue weighted by Gasteiger charge is 2.37. The van der Waals surface area contributed by atoms with Crippen LogP contribution in [0, 0.1) is 5.41 Å². The molecule has 4 heteroatoms. The fourth-order valence-corrected chi connectivity index (χ4v) is 2.39. The van der Waals surface area contributed by atoms with Gasteiger partial charge in [-0.25, -0.2) is 0 Å². The second-order valence-electron chi connectivity index (χ2n) is 4.76. The van der Waals surface area contributed by atoms with Crippen molar-refractivity contribution in [2.45, 2.75) is 45.1 Å². The Balaban J connectivity index is 1.82. The van der Waals surface area contributed by atoms with Crippen LogP contribution in [-0.4, -0.2) is 24.4 Å². The van der Waals surface area contributed by atoms with Crippen LogP contribution in [0.25, 0.3) is 0 Å². The summed E-state index contributed by atoms with van der Waals surface area (Å²) in [6, 6.07) is -0.290. The first-order valence-electron chi connectivity index (χ1n) is 5.72. The molecule has 0 radical (unpaired) electrons. The van der Waals surface area contributed by atoms with Gasteiger partial charge in [0, 0.05) is 6.54 Å². The number of rotatable bonds is 4. The lowest BCUT2D eigenvalue weighted by Crippen LogP contribution is -2.45. The van der Waals surface area contributed by atoms with Crippen LogP contribution in [0.5, 0.6) is 0 Å². The molecule has 2 rings (SSSR count). The highest BCUT2D eigenvalue weighted by molar-refractivity contribution is 6.05. The Hall–Kier alpha value is -0.900. The van der Waals surface area contributed by atoms with Crippen molar-refractivity contribution in [2.24, 2.45) is 5.41 Å². The lowest BCUT2D eigenvalue weighted by Gasteiger charge is -2.42. The van der Waals surface area contributed by atoms with E-state index >= 15 is 0 Å². The number of hydrogen-bond donors (Lipinski definition) is 2. The number of carbonyl (C=O) groups is 2. The van der Waals surface area contributed by atoms with E-state index in [0.717, 1.165) is 13.0 Å². The summed E-state index contributed by atoms with van der Waals surface area (Å²) >= 11 is 0. The van der Waals surface area contributed by atoms with Crippen LogP contribution in [0.2, 0.25) is 0 Å². The summed E-state index contributed by atoms with van der Waals surface area (Å²) in [7, 11) is 0. The third-order valence-corrected chi connectivity index (χ3v) is 3.86. The molecule has 2 fully saturated rings. The summed E-state index contributed by atoms with van der Waals surface area (Å²) in [4.78, 5) is 22.3. The fourth-order valence-electron chi connectivity index (χ4n) is 2.39. The van der Waals surface area contributed by atoms with Gasteiger partial charge in [0.15, 0.2) is 0 Å². The molecule has 0 aromatic heterocycles. The van der Waals surface area contributed by atoms with Crippen LogP contribution in [0.4, 0.5) is 0 Å². The summed E-state index contributed by atoms with van der Waals surface area (Å²) in [6.45, 7) is 3.07. The lowest BCUT2D eigenvalue weighted by molar-refractivity contribution is -0.125. The first-order chi connectivity index (χ1) is 7.15. The molecule has 1 saturated carbocycles. The van der Waals surface area contributed by atoms with Crippen molar-refractivity contribution in [3.63, 3.8) is 0 Å². The maximum atomic E-state index is 11.3. The van der Waals surface area contributed by atoms with Crippen molar-refractivity contribution in [3.8, 4) is 0 Å². The largest absolute Gasteiger partial charge is 0.305 e. The topological polar surface area (TPSA) is 58.2 Å². The van der Waals surface area contributed by atoms with Crippen LogP contribution in [0.1, 0.15) is 39.0 Å². The van der Waals surface area contributed by atoms with Crippen molar-refractivity contribution in [1.29, 1.82) is 0 Å². The zero-order chi connectivity index (χ0) is 10.9. The van der Waals surface area contributed by atoms with E-state index in [0.29, 0.717) is 11.8 Å². The molecule has 0 spiro atoms. The Kier molecular flexibility index (Phi) is 2.78. The minimum absolute atomic E-state index is 0.156. The molecule has 2 N–H and O–H groups in total. The third-order valence-electron chi connectivity index (χ3n) is 3.86. The SMILES string of the molecule is CCC1(CNC2CC(=O)NC2=O)CCC1. The van der Waals surface area contributed by atoms with Crippen LogP contribution in [0.3, 0.4) is 0 Å². The molecule has 0 aromatic rings. The van der Waals surface area contributed by atoms with Gasteiger partial charge in [-0.2, -0.15) is 0 Å². The minimum atomic E-state index is -0.290. The molecule has 84 valence electrons. The molecule has 2 aliphatic rings. The van der Waals surface area contributed by atoms with Gasteiger partial charge in [0.05, 0.1) is 12.5 Å². The molecular formula is C11H18N2O2. The number of carbonyl (C=O) groups excluding carboxylic acids is 2. The van der Waals surface area contributed by atoms with Crippen molar-refractivity contribution in [3.05, 3.63) is 0 Å². The molecule has 0 bridgehead atoms. The first kappa shape index (κ1) is 10.6. The molecule has 1 unspecified atom stereocenters. The Morgan fingerprint density at radius 1 is 1.47 bits per heavy atom. The summed E-state index contributed by atoms with van der Waals surface area (Å²) in [6.07, 6.45) is 5.25. The van der Waals surface area contributed by atoms with Gasteiger partial charge in [-0.3, -0.25) is 14.9 Å². The summed E-state index contributed by atoms with van der Waals surface area (Å²) in [5.41, 5.74) is 0.395. The second-order valence-corrected chi connectivity index (χ2v) is 4.76. The van der Waals surface area contributed by atoms with E-state index in [1.807, 2.05) is 0 Å². The molecule has 15 heavy (non-hydrogen) atoms. The van der Waals surface area contributed by atoms with Gasteiger partial charge in [0.25, 0.3) is 0 Å². The van der Waals surface area contributed by atoms with E-state index in [4.69, 9.17) is 0 Å².